The molecule has 0 heterocycles. The Balaban J connectivity index is 1.97. The second kappa shape index (κ2) is 7.55. The molecule has 0 amide bonds. The molecule has 8 nitrogen and oxygen atoms in total. The van der Waals surface area contributed by atoms with Gasteiger partial charge in [0.2, 0.25) is 15.8 Å². The first-order valence-electron chi connectivity index (χ1n) is 8.42. The molecule has 0 aliphatic heterocycles. The molecular formula is C19H19N3O5S. The summed E-state index contributed by atoms with van der Waals surface area (Å²) in [6, 6.07) is 8.72. The fraction of sp³-hybridized carbons (Fsp3) is 0.158. The monoisotopic (exact) mass is 401 g/mol. The summed E-state index contributed by atoms with van der Waals surface area (Å²) in [5.41, 5.74) is 0.978. The van der Waals surface area contributed by atoms with Gasteiger partial charge in [0.15, 0.2) is 5.78 Å². The predicted molar refractivity (Wildman–Crippen MR) is 104 cm³/mol. The Kier molecular flexibility index (Phi) is 5.32. The number of hydrogen-bond donors (Lipinski definition) is 4. The van der Waals surface area contributed by atoms with E-state index in [9.17, 15) is 23.1 Å². The summed E-state index contributed by atoms with van der Waals surface area (Å²) in [5.74, 6) is -1.17. The lowest BCUT2D eigenvalue weighted by Gasteiger charge is -2.19. The normalized spacial score (nSPS) is 13.9. The molecule has 0 saturated carbocycles. The number of fused-ring (bicyclic) bond motifs is 1. The van der Waals surface area contributed by atoms with Crippen LogP contribution in [-0.4, -0.2) is 38.7 Å². The number of primary sulfonamides is 1. The van der Waals surface area contributed by atoms with Crippen LogP contribution in [0.2, 0.25) is 0 Å². The number of nitrogens with one attached hydrogen (secondary N) is 2. The fourth-order valence-electron chi connectivity index (χ4n) is 3.03. The predicted octanol–water partition coefficient (Wildman–Crippen LogP) is 1.18. The number of phenols is 1. The van der Waals surface area contributed by atoms with Gasteiger partial charge in [0.05, 0.1) is 16.2 Å². The van der Waals surface area contributed by atoms with Gasteiger partial charge >= 0.3 is 0 Å². The molecule has 1 aliphatic carbocycles. The van der Waals surface area contributed by atoms with Crippen molar-refractivity contribution in [1.82, 2.24) is 5.32 Å². The molecule has 0 saturated heterocycles. The van der Waals surface area contributed by atoms with Crippen molar-refractivity contribution in [3.63, 3.8) is 0 Å². The number of benzene rings is 2. The van der Waals surface area contributed by atoms with E-state index in [-0.39, 0.29) is 27.5 Å². The number of ketones is 2. The van der Waals surface area contributed by atoms with Gasteiger partial charge in [-0.25, -0.2) is 13.6 Å². The molecule has 0 unspecified atom stereocenters. The molecule has 0 fully saturated rings. The third kappa shape index (κ3) is 3.96. The Morgan fingerprint density at radius 1 is 1.14 bits per heavy atom. The van der Waals surface area contributed by atoms with E-state index < -0.39 is 21.6 Å². The van der Waals surface area contributed by atoms with Crippen LogP contribution in [0.5, 0.6) is 5.75 Å². The van der Waals surface area contributed by atoms with E-state index in [1.54, 1.807) is 12.1 Å². The highest BCUT2D eigenvalue weighted by Gasteiger charge is 2.31. The van der Waals surface area contributed by atoms with E-state index in [0.29, 0.717) is 18.7 Å². The molecule has 1 aliphatic rings. The zero-order valence-electron chi connectivity index (χ0n) is 15.0. The lowest BCUT2D eigenvalue weighted by atomic mass is 9.92. The minimum atomic E-state index is -4.16. The number of hydrogen-bond acceptors (Lipinski definition) is 7. The molecule has 146 valence electrons. The summed E-state index contributed by atoms with van der Waals surface area (Å²) in [6.07, 6.45) is 1.70. The second-order valence-corrected chi connectivity index (χ2v) is 7.87. The van der Waals surface area contributed by atoms with Gasteiger partial charge < -0.3 is 15.7 Å². The molecule has 9 heteroatoms. The minimum Gasteiger partial charge on any atom is -0.508 e. The van der Waals surface area contributed by atoms with Crippen molar-refractivity contribution in [2.75, 3.05) is 18.9 Å². The van der Waals surface area contributed by atoms with Gasteiger partial charge in [0.1, 0.15) is 5.75 Å². The highest BCUT2D eigenvalue weighted by molar-refractivity contribution is 7.89. The number of sulfonamides is 1. The zero-order valence-corrected chi connectivity index (χ0v) is 15.8. The number of carbonyl (C=O) groups is 2. The van der Waals surface area contributed by atoms with Gasteiger partial charge in [-0.3, -0.25) is 9.59 Å². The highest BCUT2D eigenvalue weighted by atomic mass is 32.2. The Labute approximate surface area is 162 Å². The van der Waals surface area contributed by atoms with E-state index in [0.717, 1.165) is 11.6 Å². The number of aromatic hydroxyl groups is 1. The van der Waals surface area contributed by atoms with E-state index in [4.69, 9.17) is 5.14 Å². The molecule has 0 atom stereocenters. The van der Waals surface area contributed by atoms with Crippen LogP contribution in [-0.2, 0) is 16.4 Å². The zero-order chi connectivity index (χ0) is 20.5. The first-order chi connectivity index (χ1) is 13.2. The van der Waals surface area contributed by atoms with Gasteiger partial charge in [0.25, 0.3) is 0 Å². The standard InChI is InChI=1S/C19H19N3O5S/c1-21-6-5-11-7-12(9-13(23)8-11)22-15-10-16(24)18-14(19(15)25)3-2-4-17(18)28(20,26)27/h2-4,7-10,21-23H,5-6H2,1H3,(H2,20,26,27). The third-order valence-corrected chi connectivity index (χ3v) is 5.22. The summed E-state index contributed by atoms with van der Waals surface area (Å²) in [4.78, 5) is 24.9. The lowest BCUT2D eigenvalue weighted by molar-refractivity contribution is 0.0983. The van der Waals surface area contributed by atoms with Gasteiger partial charge in [-0.1, -0.05) is 12.1 Å². The van der Waals surface area contributed by atoms with Crippen molar-refractivity contribution in [2.45, 2.75) is 11.3 Å². The lowest BCUT2D eigenvalue weighted by Crippen LogP contribution is -2.25. The van der Waals surface area contributed by atoms with Gasteiger partial charge in [-0.2, -0.15) is 0 Å². The van der Waals surface area contributed by atoms with Crippen molar-refractivity contribution < 1.29 is 23.1 Å². The number of phenolic OH excluding ortho intramolecular Hbond substituents is 1. The molecule has 5 N–H and O–H groups in total. The summed E-state index contributed by atoms with van der Waals surface area (Å²) in [6.45, 7) is 0.701. The number of Topliss-reactive ketones (excluding diaryl/α,β-unsaturated/α-hetero) is 1. The van der Waals surface area contributed by atoms with Crippen molar-refractivity contribution >= 4 is 27.3 Å². The van der Waals surface area contributed by atoms with Gasteiger partial charge in [0, 0.05) is 23.4 Å². The van der Waals surface area contributed by atoms with Crippen LogP contribution in [0.4, 0.5) is 5.69 Å². The molecule has 2 aromatic carbocycles. The average Bonchev–Trinajstić information content (AvgIpc) is 2.62. The molecule has 0 radical (unpaired) electrons. The summed E-state index contributed by atoms with van der Waals surface area (Å²) >= 11 is 0. The molecule has 2 aromatic rings. The second-order valence-electron chi connectivity index (χ2n) is 6.34. The molecule has 0 spiro atoms. The molecule has 3 rings (SSSR count). The minimum absolute atomic E-state index is 0.0169. The summed E-state index contributed by atoms with van der Waals surface area (Å²) < 4.78 is 23.5. The van der Waals surface area contributed by atoms with Crippen molar-refractivity contribution in [2.24, 2.45) is 5.14 Å². The summed E-state index contributed by atoms with van der Waals surface area (Å²) in [5, 5.41) is 20.9. The van der Waals surface area contributed by atoms with Gasteiger partial charge in [-0.15, -0.1) is 0 Å². The number of likely N-dealkylation sites (N-methyl/N-ethyl adjacent to an activating group) is 1. The molecule has 28 heavy (non-hydrogen) atoms. The van der Waals surface area contributed by atoms with E-state index in [1.807, 2.05) is 7.05 Å². The first-order valence-corrected chi connectivity index (χ1v) is 9.96. The first kappa shape index (κ1) is 19.7. The SMILES string of the molecule is CNCCc1cc(O)cc(NC2=CC(=O)c3c(cccc3S(N)(=O)=O)C2=O)c1. The Morgan fingerprint density at radius 3 is 2.57 bits per heavy atom. The smallest absolute Gasteiger partial charge is 0.238 e. The third-order valence-electron chi connectivity index (χ3n) is 4.26. The van der Waals surface area contributed by atoms with Gasteiger partial charge in [-0.05, 0) is 43.8 Å². The molecular weight excluding hydrogens is 382 g/mol. The number of carbonyl (C=O) groups excluding carboxylic acids is 2. The number of nitrogens with two attached hydrogens (primary N) is 1. The topological polar surface area (TPSA) is 139 Å². The van der Waals surface area contributed by atoms with Crippen LogP contribution < -0.4 is 15.8 Å². The van der Waals surface area contributed by atoms with E-state index >= 15 is 0 Å². The Hall–Kier alpha value is -3.01. The van der Waals surface area contributed by atoms with Crippen LogP contribution in [0.3, 0.4) is 0 Å². The van der Waals surface area contributed by atoms with Crippen LogP contribution in [0, 0.1) is 0 Å². The maximum atomic E-state index is 12.8. The number of allylic oxidation sites excluding steroid dienone is 2. The maximum Gasteiger partial charge on any atom is 0.238 e. The molecule has 0 aromatic heterocycles. The number of anilines is 1. The molecule has 0 bridgehead atoms. The quantitative estimate of drug-likeness (QED) is 0.570. The van der Waals surface area contributed by atoms with Crippen molar-refractivity contribution in [1.29, 1.82) is 0 Å². The highest BCUT2D eigenvalue weighted by Crippen LogP contribution is 2.28. The number of rotatable bonds is 6. The van der Waals surface area contributed by atoms with Crippen molar-refractivity contribution in [3.05, 3.63) is 64.9 Å². The average molecular weight is 401 g/mol. The van der Waals surface area contributed by atoms with Crippen molar-refractivity contribution in [3.8, 4) is 5.75 Å². The largest absolute Gasteiger partial charge is 0.508 e. The van der Waals surface area contributed by atoms with Crippen LogP contribution in [0.25, 0.3) is 0 Å². The Bertz CT molecular complexity index is 1110. The summed E-state index contributed by atoms with van der Waals surface area (Å²) in [7, 11) is -2.35. The maximum absolute atomic E-state index is 12.8. The van der Waals surface area contributed by atoms with E-state index in [2.05, 4.69) is 10.6 Å². The van der Waals surface area contributed by atoms with Crippen LogP contribution in [0.1, 0.15) is 26.3 Å². The fourth-order valence-corrected chi connectivity index (χ4v) is 3.80. The van der Waals surface area contributed by atoms with Crippen LogP contribution >= 0.6 is 0 Å². The van der Waals surface area contributed by atoms with Crippen LogP contribution in [0.15, 0.2) is 53.1 Å². The van der Waals surface area contributed by atoms with E-state index in [1.165, 1.54) is 24.3 Å². The Morgan fingerprint density at radius 2 is 1.89 bits per heavy atom.